The summed E-state index contributed by atoms with van der Waals surface area (Å²) in [5.41, 5.74) is 1.55. The van der Waals surface area contributed by atoms with Crippen LogP contribution in [0, 0.1) is 0 Å². The number of thiazole rings is 1. The number of nitrogens with zero attached hydrogens (tertiary/aromatic N) is 2. The minimum Gasteiger partial charge on any atom is -0.495 e. The molecule has 0 unspecified atom stereocenters. The molecule has 0 radical (unpaired) electrons. The van der Waals surface area contributed by atoms with Gasteiger partial charge in [0.2, 0.25) is 0 Å². The first-order valence-electron chi connectivity index (χ1n) is 6.01. The van der Waals surface area contributed by atoms with Gasteiger partial charge in [-0.25, -0.2) is 4.98 Å². The van der Waals surface area contributed by atoms with Crippen LogP contribution in [0.4, 0.5) is 10.8 Å². The van der Waals surface area contributed by atoms with Gasteiger partial charge >= 0.3 is 0 Å². The highest BCUT2D eigenvalue weighted by Crippen LogP contribution is 2.35. The second kappa shape index (κ2) is 6.49. The Morgan fingerprint density at radius 1 is 1.35 bits per heavy atom. The number of hydrogen-bond donors (Lipinski definition) is 0. The molecule has 1 heterocycles. The van der Waals surface area contributed by atoms with Crippen LogP contribution in [0.25, 0.3) is 0 Å². The van der Waals surface area contributed by atoms with E-state index < -0.39 is 0 Å². The van der Waals surface area contributed by atoms with Gasteiger partial charge < -0.3 is 14.4 Å². The van der Waals surface area contributed by atoms with E-state index in [-0.39, 0.29) is 0 Å². The predicted molar refractivity (Wildman–Crippen MR) is 79.3 cm³/mol. The van der Waals surface area contributed by atoms with Gasteiger partial charge in [0.1, 0.15) is 5.75 Å². The van der Waals surface area contributed by atoms with Crippen molar-refractivity contribution >= 4 is 28.4 Å². The van der Waals surface area contributed by atoms with Crippen molar-refractivity contribution in [2.24, 2.45) is 0 Å². The summed E-state index contributed by atoms with van der Waals surface area (Å²) in [5.74, 6) is 0.756. The number of para-hydroxylation sites is 2. The summed E-state index contributed by atoms with van der Waals surface area (Å²) in [7, 11) is 5.10. The van der Waals surface area contributed by atoms with Gasteiger partial charge in [-0.2, -0.15) is 0 Å². The summed E-state index contributed by atoms with van der Waals surface area (Å²) in [6.45, 7) is 0.324. The maximum absolute atomic E-state index is 11.1. The molecule has 0 aliphatic carbocycles. The second-order valence-corrected chi connectivity index (χ2v) is 5.10. The van der Waals surface area contributed by atoms with Crippen LogP contribution < -0.4 is 9.64 Å². The lowest BCUT2D eigenvalue weighted by atomic mass is 10.3. The van der Waals surface area contributed by atoms with Gasteiger partial charge in [0.15, 0.2) is 11.4 Å². The molecule has 0 saturated carbocycles. The summed E-state index contributed by atoms with van der Waals surface area (Å²) in [6.07, 6.45) is 0.811. The molecule has 0 N–H and O–H groups in total. The lowest BCUT2D eigenvalue weighted by Crippen LogP contribution is -2.10. The largest absolute Gasteiger partial charge is 0.495 e. The maximum atomic E-state index is 11.1. The van der Waals surface area contributed by atoms with E-state index in [0.29, 0.717) is 17.2 Å². The fraction of sp³-hybridized carbons (Fsp3) is 0.286. The molecular formula is C14H16N2O3S. The lowest BCUT2D eigenvalue weighted by Gasteiger charge is -2.18. The molecule has 2 aromatic rings. The molecule has 0 aliphatic heterocycles. The summed E-state index contributed by atoms with van der Waals surface area (Å²) in [4.78, 5) is 18.0. The first-order valence-corrected chi connectivity index (χ1v) is 6.83. The minimum atomic E-state index is 0.324. The van der Waals surface area contributed by atoms with Crippen molar-refractivity contribution in [3.8, 4) is 5.75 Å². The third-order valence-electron chi connectivity index (χ3n) is 2.84. The molecule has 0 amide bonds. The molecule has 0 fully saturated rings. The van der Waals surface area contributed by atoms with Crippen molar-refractivity contribution in [1.29, 1.82) is 0 Å². The van der Waals surface area contributed by atoms with E-state index in [4.69, 9.17) is 9.47 Å². The van der Waals surface area contributed by atoms with Crippen molar-refractivity contribution in [3.05, 3.63) is 34.8 Å². The van der Waals surface area contributed by atoms with Gasteiger partial charge in [0, 0.05) is 14.2 Å². The van der Waals surface area contributed by atoms with Gasteiger partial charge in [-0.05, 0) is 12.1 Å². The molecule has 0 saturated heterocycles. The Morgan fingerprint density at radius 3 is 2.75 bits per heavy atom. The molecule has 1 aromatic carbocycles. The van der Waals surface area contributed by atoms with Gasteiger partial charge in [-0.15, -0.1) is 0 Å². The van der Waals surface area contributed by atoms with Crippen LogP contribution in [-0.2, 0) is 11.3 Å². The average Bonchev–Trinajstić information content (AvgIpc) is 2.90. The fourth-order valence-corrected chi connectivity index (χ4v) is 2.69. The monoisotopic (exact) mass is 292 g/mol. The lowest BCUT2D eigenvalue weighted by molar-refractivity contribution is 0.112. The molecule has 106 valence electrons. The van der Waals surface area contributed by atoms with Crippen LogP contribution in [0.15, 0.2) is 24.3 Å². The third-order valence-corrected chi connectivity index (χ3v) is 3.94. The van der Waals surface area contributed by atoms with E-state index >= 15 is 0 Å². The Balaban J connectivity index is 2.37. The molecule has 20 heavy (non-hydrogen) atoms. The summed E-state index contributed by atoms with van der Waals surface area (Å²) >= 11 is 1.33. The number of methoxy groups -OCH3 is 2. The number of carbonyl (C=O) groups excluding carboxylic acids is 1. The Bertz CT molecular complexity index is 598. The standard InChI is InChI=1S/C14H16N2O3S/c1-16(11-6-4-5-7-12(11)19-3)14-15-10(9-18-2)13(8-17)20-14/h4-8H,9H2,1-3H3. The molecule has 5 nitrogen and oxygen atoms in total. The molecule has 1 aromatic heterocycles. The van der Waals surface area contributed by atoms with Crippen molar-refractivity contribution in [3.63, 3.8) is 0 Å². The van der Waals surface area contributed by atoms with E-state index in [1.54, 1.807) is 14.2 Å². The third kappa shape index (κ3) is 2.81. The zero-order valence-electron chi connectivity index (χ0n) is 11.6. The van der Waals surface area contributed by atoms with Gasteiger partial charge in [0.05, 0.1) is 30.0 Å². The zero-order valence-corrected chi connectivity index (χ0v) is 12.4. The first kappa shape index (κ1) is 14.5. The topological polar surface area (TPSA) is 51.7 Å². The van der Waals surface area contributed by atoms with Crippen LogP contribution in [0.5, 0.6) is 5.75 Å². The predicted octanol–water partition coefficient (Wildman–Crippen LogP) is 2.88. The van der Waals surface area contributed by atoms with Gasteiger partial charge in [-0.3, -0.25) is 4.79 Å². The molecular weight excluding hydrogens is 276 g/mol. The maximum Gasteiger partial charge on any atom is 0.190 e. The normalized spacial score (nSPS) is 10.3. The first-order chi connectivity index (χ1) is 9.71. The minimum absolute atomic E-state index is 0.324. The number of benzene rings is 1. The second-order valence-electron chi connectivity index (χ2n) is 4.09. The number of ether oxygens (including phenoxy) is 2. The quantitative estimate of drug-likeness (QED) is 0.766. The number of aromatic nitrogens is 1. The molecule has 0 atom stereocenters. The van der Waals surface area contributed by atoms with Crippen molar-refractivity contribution in [2.45, 2.75) is 6.61 Å². The number of anilines is 2. The van der Waals surface area contributed by atoms with Crippen molar-refractivity contribution in [2.75, 3.05) is 26.2 Å². The van der Waals surface area contributed by atoms with Crippen LogP contribution >= 0.6 is 11.3 Å². The van der Waals surface area contributed by atoms with Crippen molar-refractivity contribution < 1.29 is 14.3 Å². The molecule has 2 rings (SSSR count). The number of hydrogen-bond acceptors (Lipinski definition) is 6. The van der Waals surface area contributed by atoms with E-state index in [0.717, 1.165) is 22.9 Å². The van der Waals surface area contributed by atoms with Crippen molar-refractivity contribution in [1.82, 2.24) is 4.98 Å². The Kier molecular flexibility index (Phi) is 4.70. The van der Waals surface area contributed by atoms with Crippen LogP contribution in [-0.4, -0.2) is 32.5 Å². The highest BCUT2D eigenvalue weighted by molar-refractivity contribution is 7.17. The highest BCUT2D eigenvalue weighted by atomic mass is 32.1. The number of aldehydes is 1. The number of carbonyl (C=O) groups is 1. The van der Waals surface area contributed by atoms with E-state index in [9.17, 15) is 4.79 Å². The molecule has 6 heteroatoms. The smallest absolute Gasteiger partial charge is 0.190 e. The summed E-state index contributed by atoms with van der Waals surface area (Å²) in [5, 5.41) is 0.726. The average molecular weight is 292 g/mol. The summed E-state index contributed by atoms with van der Waals surface area (Å²) in [6, 6.07) is 7.66. The van der Waals surface area contributed by atoms with Gasteiger partial charge in [0.25, 0.3) is 0 Å². The van der Waals surface area contributed by atoms with E-state index in [1.807, 2.05) is 36.2 Å². The SMILES string of the molecule is COCc1nc(N(C)c2ccccc2OC)sc1C=O. The molecule has 0 spiro atoms. The Labute approximate surface area is 121 Å². The van der Waals surface area contributed by atoms with Crippen LogP contribution in [0.1, 0.15) is 15.4 Å². The van der Waals surface area contributed by atoms with Gasteiger partial charge in [-0.1, -0.05) is 23.5 Å². The van der Waals surface area contributed by atoms with Crippen LogP contribution in [0.2, 0.25) is 0 Å². The highest BCUT2D eigenvalue weighted by Gasteiger charge is 2.16. The van der Waals surface area contributed by atoms with E-state index in [1.165, 1.54) is 11.3 Å². The Hall–Kier alpha value is -1.92. The fourth-order valence-electron chi connectivity index (χ4n) is 1.84. The molecule has 0 aliphatic rings. The number of rotatable bonds is 6. The Morgan fingerprint density at radius 2 is 2.10 bits per heavy atom. The van der Waals surface area contributed by atoms with Crippen LogP contribution in [0.3, 0.4) is 0 Å². The zero-order chi connectivity index (χ0) is 14.5. The summed E-state index contributed by atoms with van der Waals surface area (Å²) < 4.78 is 10.4. The van der Waals surface area contributed by atoms with E-state index in [2.05, 4.69) is 4.98 Å². The molecule has 0 bridgehead atoms.